The maximum Gasteiger partial charge on any atom is 0.256 e. The number of pyridine rings is 1. The van der Waals surface area contributed by atoms with Crippen LogP contribution >= 0.6 is 0 Å². The van der Waals surface area contributed by atoms with Crippen LogP contribution in [-0.4, -0.2) is 32.4 Å². The molecule has 5 heterocycles. The van der Waals surface area contributed by atoms with Gasteiger partial charge < -0.3 is 20.0 Å². The smallest absolute Gasteiger partial charge is 0.256 e. The third kappa shape index (κ3) is 2.50. The van der Waals surface area contributed by atoms with Gasteiger partial charge in [-0.3, -0.25) is 4.40 Å². The van der Waals surface area contributed by atoms with E-state index in [1.54, 1.807) is 28.3 Å². The SMILES string of the molecule is Cc1n(C)c(-c2cc3c(n4cnnc24)NCc2c(F)ccc4c2[C@H](CO4)CO3)c[n+]1[O-]. The monoisotopic (exact) mass is 422 g/mol. The van der Waals surface area contributed by atoms with Crippen LogP contribution in [0.25, 0.3) is 16.9 Å². The maximum absolute atomic E-state index is 14.7. The lowest BCUT2D eigenvalue weighted by Crippen LogP contribution is -2.27. The molecule has 1 atom stereocenters. The molecule has 2 aliphatic rings. The molecule has 158 valence electrons. The number of ether oxygens (including phenoxy) is 2. The molecule has 0 spiro atoms. The standard InChI is InChI=1S/C21H19FN6O3/c1-11-26(2)16(7-28(11)29)13-5-18-21(27-10-24-25-20(13)27)23-6-14-15(22)3-4-17-19(14)12(8-30-17)9-31-18/h3-5,7,10,12,23H,6,8-9H2,1-2H3/t12-/m1/s1. The van der Waals surface area contributed by atoms with E-state index in [-0.39, 0.29) is 18.3 Å². The van der Waals surface area contributed by atoms with Crippen molar-refractivity contribution in [3.05, 3.63) is 58.7 Å². The van der Waals surface area contributed by atoms with Crippen molar-refractivity contribution in [2.45, 2.75) is 19.4 Å². The normalized spacial score (nSPS) is 17.1. The second-order valence-corrected chi connectivity index (χ2v) is 7.85. The van der Waals surface area contributed by atoms with Gasteiger partial charge >= 0.3 is 0 Å². The minimum Gasteiger partial charge on any atom is -0.711 e. The summed E-state index contributed by atoms with van der Waals surface area (Å²) in [6, 6.07) is 4.96. The van der Waals surface area contributed by atoms with Gasteiger partial charge in [-0.15, -0.1) is 10.2 Å². The van der Waals surface area contributed by atoms with Gasteiger partial charge in [0, 0.05) is 24.6 Å². The summed E-state index contributed by atoms with van der Waals surface area (Å²) >= 11 is 0. The highest BCUT2D eigenvalue weighted by Crippen LogP contribution is 2.41. The van der Waals surface area contributed by atoms with Gasteiger partial charge in [0.15, 0.2) is 22.9 Å². The molecule has 0 bridgehead atoms. The largest absolute Gasteiger partial charge is 0.711 e. The predicted octanol–water partition coefficient (Wildman–Crippen LogP) is 2.30. The molecule has 0 amide bonds. The van der Waals surface area contributed by atoms with E-state index in [4.69, 9.17) is 9.47 Å². The zero-order valence-electron chi connectivity index (χ0n) is 16.9. The van der Waals surface area contributed by atoms with E-state index in [2.05, 4.69) is 15.5 Å². The first-order valence-corrected chi connectivity index (χ1v) is 9.96. The molecule has 0 saturated heterocycles. The van der Waals surface area contributed by atoms with Gasteiger partial charge in [0.25, 0.3) is 5.82 Å². The zero-order chi connectivity index (χ0) is 21.3. The number of benzene rings is 1. The van der Waals surface area contributed by atoms with Gasteiger partial charge in [-0.2, -0.15) is 0 Å². The Kier molecular flexibility index (Phi) is 3.68. The van der Waals surface area contributed by atoms with Crippen molar-refractivity contribution >= 4 is 11.5 Å². The van der Waals surface area contributed by atoms with Crippen LogP contribution in [0.3, 0.4) is 0 Å². The number of hydrogen-bond acceptors (Lipinski definition) is 6. The molecule has 0 unspecified atom stereocenters. The number of anilines is 1. The molecule has 6 rings (SSSR count). The fraction of sp³-hybridized carbons (Fsp3) is 0.286. The summed E-state index contributed by atoms with van der Waals surface area (Å²) in [4.78, 5) is 0. The summed E-state index contributed by atoms with van der Waals surface area (Å²) in [5.74, 6) is 2.10. The number of imidazole rings is 1. The number of rotatable bonds is 1. The topological polar surface area (TPSA) is 92.6 Å². The maximum atomic E-state index is 14.7. The molecule has 0 radical (unpaired) electrons. The summed E-state index contributed by atoms with van der Waals surface area (Å²) in [6.07, 6.45) is 3.09. The zero-order valence-corrected chi connectivity index (χ0v) is 16.9. The first-order chi connectivity index (χ1) is 15.0. The third-order valence-electron chi connectivity index (χ3n) is 6.20. The molecule has 3 aromatic heterocycles. The number of hydrogen-bond donors (Lipinski definition) is 1. The van der Waals surface area contributed by atoms with Crippen molar-refractivity contribution in [1.29, 1.82) is 0 Å². The Labute approximate surface area is 176 Å². The van der Waals surface area contributed by atoms with Crippen molar-refractivity contribution < 1.29 is 18.6 Å². The lowest BCUT2D eigenvalue weighted by molar-refractivity contribution is -0.611. The van der Waals surface area contributed by atoms with E-state index in [1.807, 2.05) is 13.1 Å². The van der Waals surface area contributed by atoms with Gasteiger partial charge in [0.1, 0.15) is 24.1 Å². The van der Waals surface area contributed by atoms with Gasteiger partial charge in [-0.1, -0.05) is 0 Å². The van der Waals surface area contributed by atoms with Crippen LogP contribution in [0, 0.1) is 17.9 Å². The van der Waals surface area contributed by atoms with Crippen molar-refractivity contribution in [1.82, 2.24) is 19.2 Å². The van der Waals surface area contributed by atoms with Crippen LogP contribution in [0.15, 0.2) is 30.7 Å². The average molecular weight is 422 g/mol. The molecule has 0 saturated carbocycles. The van der Waals surface area contributed by atoms with E-state index >= 15 is 0 Å². The second kappa shape index (κ2) is 6.34. The van der Waals surface area contributed by atoms with E-state index in [0.717, 1.165) is 10.3 Å². The first kappa shape index (κ1) is 18.0. The van der Waals surface area contributed by atoms with Crippen molar-refractivity contribution in [3.63, 3.8) is 0 Å². The molecule has 1 aromatic carbocycles. The Morgan fingerprint density at radius 1 is 1.26 bits per heavy atom. The Morgan fingerprint density at radius 2 is 2.06 bits per heavy atom. The molecule has 0 fully saturated rings. The molecule has 9 nitrogen and oxygen atoms in total. The molecule has 2 aliphatic heterocycles. The fourth-order valence-electron chi connectivity index (χ4n) is 4.44. The fourth-order valence-corrected chi connectivity index (χ4v) is 4.44. The van der Waals surface area contributed by atoms with Crippen LogP contribution in [0.4, 0.5) is 10.2 Å². The molecular formula is C21H19FN6O3. The summed E-state index contributed by atoms with van der Waals surface area (Å²) in [5, 5.41) is 23.8. The number of halogens is 1. The number of aromatic nitrogens is 5. The molecule has 1 N–H and O–H groups in total. The molecule has 4 aromatic rings. The lowest BCUT2D eigenvalue weighted by atomic mass is 9.96. The summed E-state index contributed by atoms with van der Waals surface area (Å²) in [5.41, 5.74) is 3.40. The first-order valence-electron chi connectivity index (χ1n) is 9.96. The molecule has 31 heavy (non-hydrogen) atoms. The Hall–Kier alpha value is -3.82. The van der Waals surface area contributed by atoms with Crippen LogP contribution in [0.5, 0.6) is 11.5 Å². The number of nitrogens with one attached hydrogen (secondary N) is 1. The quantitative estimate of drug-likeness (QED) is 0.374. The number of nitrogens with zero attached hydrogens (tertiary/aromatic N) is 5. The molecule has 0 aliphatic carbocycles. The minimum atomic E-state index is -0.277. The van der Waals surface area contributed by atoms with Crippen LogP contribution in [0.1, 0.15) is 22.9 Å². The van der Waals surface area contributed by atoms with Crippen molar-refractivity contribution in [2.24, 2.45) is 7.05 Å². The van der Waals surface area contributed by atoms with Crippen molar-refractivity contribution in [3.8, 4) is 22.8 Å². The van der Waals surface area contributed by atoms with E-state index in [9.17, 15) is 9.60 Å². The van der Waals surface area contributed by atoms with Gasteiger partial charge in [-0.25, -0.2) is 13.7 Å². The average Bonchev–Trinajstić information content (AvgIpc) is 3.47. The molecular weight excluding hydrogens is 403 g/mol. The Morgan fingerprint density at radius 3 is 2.84 bits per heavy atom. The highest BCUT2D eigenvalue weighted by Gasteiger charge is 2.32. The van der Waals surface area contributed by atoms with Crippen LogP contribution < -0.4 is 19.5 Å². The summed E-state index contributed by atoms with van der Waals surface area (Å²) in [6.45, 7) is 2.79. The molecule has 10 heteroatoms. The highest BCUT2D eigenvalue weighted by atomic mass is 19.1. The van der Waals surface area contributed by atoms with Crippen LogP contribution in [-0.2, 0) is 13.6 Å². The summed E-state index contributed by atoms with van der Waals surface area (Å²) in [7, 11) is 1.82. The van der Waals surface area contributed by atoms with Gasteiger partial charge in [-0.05, 0) is 18.2 Å². The van der Waals surface area contributed by atoms with E-state index in [1.165, 1.54) is 12.3 Å². The summed E-state index contributed by atoms with van der Waals surface area (Å²) < 4.78 is 31.1. The lowest BCUT2D eigenvalue weighted by Gasteiger charge is -2.16. The van der Waals surface area contributed by atoms with Gasteiger partial charge in [0.05, 0.1) is 31.7 Å². The highest BCUT2D eigenvalue weighted by molar-refractivity contribution is 5.80. The van der Waals surface area contributed by atoms with Crippen LogP contribution in [0.2, 0.25) is 0 Å². The minimum absolute atomic E-state index is 0.0745. The number of fused-ring (bicyclic) bond motifs is 3. The Bertz CT molecular complexity index is 1360. The van der Waals surface area contributed by atoms with E-state index in [0.29, 0.717) is 58.8 Å². The Balaban J connectivity index is 1.53. The second-order valence-electron chi connectivity index (χ2n) is 7.85. The van der Waals surface area contributed by atoms with Gasteiger partial charge in [0.2, 0.25) is 0 Å². The van der Waals surface area contributed by atoms with Crippen molar-refractivity contribution in [2.75, 3.05) is 18.5 Å². The predicted molar refractivity (Wildman–Crippen MR) is 109 cm³/mol. The van der Waals surface area contributed by atoms with E-state index < -0.39 is 0 Å². The third-order valence-corrected chi connectivity index (χ3v) is 6.20.